The van der Waals surface area contributed by atoms with Gasteiger partial charge in [-0.05, 0) is 45.8 Å². The highest BCUT2D eigenvalue weighted by atomic mass is 19.1. The van der Waals surface area contributed by atoms with Gasteiger partial charge in [-0.3, -0.25) is 0 Å². The summed E-state index contributed by atoms with van der Waals surface area (Å²) in [5.41, 5.74) is 0. The van der Waals surface area contributed by atoms with Gasteiger partial charge in [-0.25, -0.2) is 4.39 Å². The lowest BCUT2D eigenvalue weighted by Gasteiger charge is -2.01. The van der Waals surface area contributed by atoms with Crippen LogP contribution in [0.3, 0.4) is 0 Å². The Hall–Kier alpha value is -1.89. The molecule has 1 heteroatoms. The molecular weight excluding hydrogens is 187 g/mol. The molecule has 0 aromatic heterocycles. The van der Waals surface area contributed by atoms with E-state index in [2.05, 4.69) is 12.1 Å². The molecule has 72 valence electrons. The van der Waals surface area contributed by atoms with Crippen LogP contribution in [0.5, 0.6) is 0 Å². The zero-order valence-corrected chi connectivity index (χ0v) is 8.07. The van der Waals surface area contributed by atoms with Crippen LogP contribution in [-0.2, 0) is 0 Å². The van der Waals surface area contributed by atoms with E-state index in [4.69, 9.17) is 0 Å². The van der Waals surface area contributed by atoms with Crippen LogP contribution < -0.4 is 0 Å². The molecule has 3 aromatic carbocycles. The molecule has 0 radical (unpaired) electrons. The predicted octanol–water partition coefficient (Wildman–Crippen LogP) is 4.13. The van der Waals surface area contributed by atoms with E-state index in [-0.39, 0.29) is 5.82 Å². The van der Waals surface area contributed by atoms with Crippen LogP contribution in [0.15, 0.2) is 54.6 Å². The van der Waals surface area contributed by atoms with Crippen LogP contribution in [0.25, 0.3) is 21.5 Å². The van der Waals surface area contributed by atoms with Gasteiger partial charge in [0.25, 0.3) is 0 Å². The molecule has 0 aliphatic carbocycles. The summed E-state index contributed by atoms with van der Waals surface area (Å²) in [6.45, 7) is 0. The van der Waals surface area contributed by atoms with Crippen molar-refractivity contribution in [2.75, 3.05) is 0 Å². The van der Waals surface area contributed by atoms with Gasteiger partial charge in [-0.15, -0.1) is 0 Å². The summed E-state index contributed by atoms with van der Waals surface area (Å²) < 4.78 is 13.0. The smallest absolute Gasteiger partial charge is 0.123 e. The van der Waals surface area contributed by atoms with Crippen LogP contribution >= 0.6 is 0 Å². The SMILES string of the molecule is Fc1ccc2cc3ccccc3cc2c1. The highest BCUT2D eigenvalue weighted by molar-refractivity contribution is 5.98. The molecule has 0 bridgehead atoms. The van der Waals surface area contributed by atoms with Crippen molar-refractivity contribution in [3.63, 3.8) is 0 Å². The summed E-state index contributed by atoms with van der Waals surface area (Å²) in [7, 11) is 0. The van der Waals surface area contributed by atoms with Gasteiger partial charge in [0, 0.05) is 0 Å². The van der Waals surface area contributed by atoms with Gasteiger partial charge in [0.1, 0.15) is 5.82 Å². The van der Waals surface area contributed by atoms with Crippen LogP contribution in [0.4, 0.5) is 4.39 Å². The molecular formula is C14H9F. The fourth-order valence-electron chi connectivity index (χ4n) is 1.91. The minimum Gasteiger partial charge on any atom is -0.207 e. The van der Waals surface area contributed by atoms with Crippen molar-refractivity contribution in [2.24, 2.45) is 0 Å². The first-order chi connectivity index (χ1) is 7.33. The Labute approximate surface area is 87.0 Å². The molecule has 0 aliphatic rings. The quantitative estimate of drug-likeness (QED) is 0.474. The van der Waals surface area contributed by atoms with Crippen LogP contribution in [0.2, 0.25) is 0 Å². The fraction of sp³-hybridized carbons (Fsp3) is 0. The molecule has 0 N–H and O–H groups in total. The molecule has 0 saturated heterocycles. The van der Waals surface area contributed by atoms with Gasteiger partial charge in [0.15, 0.2) is 0 Å². The maximum absolute atomic E-state index is 13.0. The number of benzene rings is 3. The van der Waals surface area contributed by atoms with Crippen molar-refractivity contribution in [3.8, 4) is 0 Å². The zero-order chi connectivity index (χ0) is 10.3. The second-order valence-electron chi connectivity index (χ2n) is 3.69. The number of hydrogen-bond acceptors (Lipinski definition) is 0. The molecule has 0 saturated carbocycles. The van der Waals surface area contributed by atoms with E-state index in [1.807, 2.05) is 30.3 Å². The first-order valence-electron chi connectivity index (χ1n) is 4.91. The summed E-state index contributed by atoms with van der Waals surface area (Å²) in [6, 6.07) is 17.1. The summed E-state index contributed by atoms with van der Waals surface area (Å²) in [5, 5.41) is 4.37. The highest BCUT2D eigenvalue weighted by Crippen LogP contribution is 2.23. The number of hydrogen-bond donors (Lipinski definition) is 0. The summed E-state index contributed by atoms with van der Waals surface area (Å²) in [4.78, 5) is 0. The largest absolute Gasteiger partial charge is 0.207 e. The van der Waals surface area contributed by atoms with Gasteiger partial charge in [-0.1, -0.05) is 30.3 Å². The lowest BCUT2D eigenvalue weighted by molar-refractivity contribution is 0.630. The zero-order valence-electron chi connectivity index (χ0n) is 8.07. The van der Waals surface area contributed by atoms with E-state index < -0.39 is 0 Å². The van der Waals surface area contributed by atoms with Crippen LogP contribution in [0.1, 0.15) is 0 Å². The average molecular weight is 196 g/mol. The normalized spacial score (nSPS) is 11.0. The first-order valence-corrected chi connectivity index (χ1v) is 4.91. The summed E-state index contributed by atoms with van der Waals surface area (Å²) >= 11 is 0. The second-order valence-corrected chi connectivity index (χ2v) is 3.69. The van der Waals surface area contributed by atoms with Gasteiger partial charge < -0.3 is 0 Å². The number of fused-ring (bicyclic) bond motifs is 2. The summed E-state index contributed by atoms with van der Waals surface area (Å²) in [5.74, 6) is -0.183. The Morgan fingerprint density at radius 1 is 0.600 bits per heavy atom. The standard InChI is InChI=1S/C14H9F/c15-14-6-5-12-7-10-3-1-2-4-11(10)8-13(12)9-14/h1-9H. The molecule has 0 unspecified atom stereocenters. The first kappa shape index (κ1) is 8.42. The molecule has 0 heterocycles. The monoisotopic (exact) mass is 196 g/mol. The molecule has 15 heavy (non-hydrogen) atoms. The van der Waals surface area contributed by atoms with Crippen molar-refractivity contribution >= 4 is 21.5 Å². The van der Waals surface area contributed by atoms with E-state index in [0.717, 1.165) is 16.2 Å². The number of halogens is 1. The molecule has 0 spiro atoms. The van der Waals surface area contributed by atoms with Gasteiger partial charge >= 0.3 is 0 Å². The Balaban J connectivity index is 2.47. The van der Waals surface area contributed by atoms with Crippen LogP contribution in [0, 0.1) is 5.82 Å². The second kappa shape index (κ2) is 3.06. The maximum Gasteiger partial charge on any atom is 0.123 e. The van der Waals surface area contributed by atoms with E-state index >= 15 is 0 Å². The highest BCUT2D eigenvalue weighted by Gasteiger charge is 1.98. The van der Waals surface area contributed by atoms with E-state index in [9.17, 15) is 4.39 Å². The van der Waals surface area contributed by atoms with Crippen molar-refractivity contribution in [2.45, 2.75) is 0 Å². The molecule has 3 rings (SSSR count). The molecule has 0 atom stereocenters. The minimum atomic E-state index is -0.183. The summed E-state index contributed by atoms with van der Waals surface area (Å²) in [6.07, 6.45) is 0. The molecule has 0 amide bonds. The van der Waals surface area contributed by atoms with Crippen molar-refractivity contribution < 1.29 is 4.39 Å². The van der Waals surface area contributed by atoms with Crippen molar-refractivity contribution in [3.05, 3.63) is 60.4 Å². The van der Waals surface area contributed by atoms with Crippen molar-refractivity contribution in [1.82, 2.24) is 0 Å². The minimum absolute atomic E-state index is 0.183. The topological polar surface area (TPSA) is 0 Å². The molecule has 0 fully saturated rings. The van der Waals surface area contributed by atoms with Gasteiger partial charge in [-0.2, -0.15) is 0 Å². The molecule has 0 nitrogen and oxygen atoms in total. The van der Waals surface area contributed by atoms with E-state index in [0.29, 0.717) is 0 Å². The lowest BCUT2D eigenvalue weighted by Crippen LogP contribution is -1.78. The predicted molar refractivity (Wildman–Crippen MR) is 61.4 cm³/mol. The van der Waals surface area contributed by atoms with Crippen molar-refractivity contribution in [1.29, 1.82) is 0 Å². The third kappa shape index (κ3) is 1.37. The van der Waals surface area contributed by atoms with Gasteiger partial charge in [0.2, 0.25) is 0 Å². The van der Waals surface area contributed by atoms with E-state index in [1.54, 1.807) is 6.07 Å². The van der Waals surface area contributed by atoms with Gasteiger partial charge in [0.05, 0.1) is 0 Å². The van der Waals surface area contributed by atoms with Crippen LogP contribution in [-0.4, -0.2) is 0 Å². The third-order valence-electron chi connectivity index (χ3n) is 2.67. The Kier molecular flexibility index (Phi) is 1.72. The van der Waals surface area contributed by atoms with E-state index in [1.165, 1.54) is 11.5 Å². The number of rotatable bonds is 0. The fourth-order valence-corrected chi connectivity index (χ4v) is 1.91. The maximum atomic E-state index is 13.0. The molecule has 3 aromatic rings. The average Bonchev–Trinajstić information content (AvgIpc) is 2.26. The Morgan fingerprint density at radius 3 is 1.93 bits per heavy atom. The Morgan fingerprint density at radius 2 is 1.20 bits per heavy atom. The lowest BCUT2D eigenvalue weighted by atomic mass is 10.0. The third-order valence-corrected chi connectivity index (χ3v) is 2.67. The Bertz CT molecular complexity index is 641. The molecule has 0 aliphatic heterocycles.